The number of carbonyl (C=O) groups is 2. The van der Waals surface area contributed by atoms with Gasteiger partial charge in [0, 0.05) is 27.0 Å². The lowest BCUT2D eigenvalue weighted by Gasteiger charge is -2.00. The van der Waals surface area contributed by atoms with Gasteiger partial charge in [-0.25, -0.2) is 9.78 Å². The molecule has 0 amide bonds. The molecule has 1 N–H and O–H groups in total. The maximum absolute atomic E-state index is 12.8. The van der Waals surface area contributed by atoms with Gasteiger partial charge in [0.15, 0.2) is 11.5 Å². The fraction of sp³-hybridized carbons (Fsp3) is 0.250. The van der Waals surface area contributed by atoms with E-state index in [4.69, 9.17) is 4.74 Å². The number of nitrogens with zero attached hydrogens (tertiary/aromatic N) is 1. The maximum Gasteiger partial charge on any atom is 0.357 e. The average Bonchev–Trinajstić information content (AvgIpc) is 3.22. The van der Waals surface area contributed by atoms with E-state index in [9.17, 15) is 9.59 Å². The van der Waals surface area contributed by atoms with Crippen LogP contribution in [-0.2, 0) is 4.74 Å². The Morgan fingerprint density at radius 3 is 2.85 bits per heavy atom. The second kappa shape index (κ2) is 7.40. The van der Waals surface area contributed by atoms with Crippen molar-refractivity contribution < 1.29 is 14.3 Å². The van der Waals surface area contributed by atoms with Crippen LogP contribution >= 0.6 is 27.3 Å². The molecule has 5 nitrogen and oxygen atoms in total. The number of halogens is 1. The zero-order valence-corrected chi connectivity index (χ0v) is 17.0. The van der Waals surface area contributed by atoms with E-state index < -0.39 is 5.97 Å². The Balaban J connectivity index is 1.76. The molecule has 0 unspecified atom stereocenters. The molecule has 0 atom stereocenters. The van der Waals surface area contributed by atoms with Crippen molar-refractivity contribution in [2.75, 3.05) is 6.61 Å². The minimum absolute atomic E-state index is 0.0854. The highest BCUT2D eigenvalue weighted by atomic mass is 79.9. The third-order valence-electron chi connectivity index (χ3n) is 4.37. The number of rotatable bonds is 6. The molecule has 4 rings (SSSR count). The molecule has 1 aromatic carbocycles. The Bertz CT molecular complexity index is 1020. The minimum atomic E-state index is -0.446. The first-order valence-corrected chi connectivity index (χ1v) is 10.4. The standard InChI is InChI=1S/C20H17BrN2O3S/c1-2-26-20(25)16-10-27-19(23-16)14-9-15(12-4-3-5-13(21)8-12)22-17(14)18(24)11-6-7-11/h3-5,8-11,22H,2,6-7H2,1H3. The number of aromatic amines is 1. The molecule has 2 aromatic heterocycles. The van der Waals surface area contributed by atoms with Crippen LogP contribution in [0.25, 0.3) is 21.8 Å². The number of hydrogen-bond donors (Lipinski definition) is 1. The molecule has 1 fully saturated rings. The van der Waals surface area contributed by atoms with Gasteiger partial charge in [-0.15, -0.1) is 11.3 Å². The number of carbonyl (C=O) groups excluding carboxylic acids is 2. The molecule has 1 aliphatic rings. The van der Waals surface area contributed by atoms with E-state index >= 15 is 0 Å². The zero-order valence-electron chi connectivity index (χ0n) is 14.6. The first-order chi connectivity index (χ1) is 13.1. The summed E-state index contributed by atoms with van der Waals surface area (Å²) < 4.78 is 5.98. The molecule has 3 aromatic rings. The minimum Gasteiger partial charge on any atom is -0.461 e. The Morgan fingerprint density at radius 2 is 2.15 bits per heavy atom. The maximum atomic E-state index is 12.8. The van der Waals surface area contributed by atoms with Crippen LogP contribution in [0.1, 0.15) is 40.7 Å². The van der Waals surface area contributed by atoms with Gasteiger partial charge in [0.1, 0.15) is 5.01 Å². The number of benzene rings is 1. The number of thiazole rings is 1. The van der Waals surface area contributed by atoms with Gasteiger partial charge in [-0.2, -0.15) is 0 Å². The van der Waals surface area contributed by atoms with Crippen molar-refractivity contribution in [3.05, 3.63) is 51.6 Å². The molecule has 7 heteroatoms. The van der Waals surface area contributed by atoms with Crippen LogP contribution in [-0.4, -0.2) is 28.3 Å². The van der Waals surface area contributed by atoms with E-state index in [1.54, 1.807) is 12.3 Å². The number of ketones is 1. The van der Waals surface area contributed by atoms with Crippen molar-refractivity contribution in [1.82, 2.24) is 9.97 Å². The fourth-order valence-electron chi connectivity index (χ4n) is 2.87. The fourth-order valence-corrected chi connectivity index (χ4v) is 4.09. The molecule has 0 saturated heterocycles. The summed E-state index contributed by atoms with van der Waals surface area (Å²) in [6.07, 6.45) is 1.85. The van der Waals surface area contributed by atoms with Gasteiger partial charge in [-0.3, -0.25) is 4.79 Å². The number of hydrogen-bond acceptors (Lipinski definition) is 5. The zero-order chi connectivity index (χ0) is 19.0. The number of aromatic nitrogens is 2. The Hall–Kier alpha value is -2.25. The third kappa shape index (κ3) is 3.75. The molecule has 27 heavy (non-hydrogen) atoms. The van der Waals surface area contributed by atoms with Crippen LogP contribution in [0.2, 0.25) is 0 Å². The summed E-state index contributed by atoms with van der Waals surface area (Å²) in [5.74, 6) is -0.251. The lowest BCUT2D eigenvalue weighted by molar-refractivity contribution is 0.0520. The predicted octanol–water partition coefficient (Wildman–Crippen LogP) is 5.34. The van der Waals surface area contributed by atoms with Crippen LogP contribution in [0.5, 0.6) is 0 Å². The van der Waals surface area contributed by atoms with E-state index in [1.165, 1.54) is 11.3 Å². The van der Waals surface area contributed by atoms with Gasteiger partial charge in [0.05, 0.1) is 12.3 Å². The second-order valence-electron chi connectivity index (χ2n) is 6.38. The molecule has 1 aliphatic carbocycles. The van der Waals surface area contributed by atoms with Crippen LogP contribution < -0.4 is 0 Å². The Labute approximate surface area is 168 Å². The summed E-state index contributed by atoms with van der Waals surface area (Å²) in [6, 6.07) is 9.82. The lowest BCUT2D eigenvalue weighted by atomic mass is 10.1. The Kier molecular flexibility index (Phi) is 4.97. The van der Waals surface area contributed by atoms with Gasteiger partial charge in [-0.05, 0) is 43.5 Å². The van der Waals surface area contributed by atoms with E-state index in [-0.39, 0.29) is 17.4 Å². The smallest absolute Gasteiger partial charge is 0.357 e. The van der Waals surface area contributed by atoms with Crippen LogP contribution in [0.4, 0.5) is 0 Å². The van der Waals surface area contributed by atoms with Gasteiger partial charge < -0.3 is 9.72 Å². The van der Waals surface area contributed by atoms with E-state index in [2.05, 4.69) is 25.9 Å². The molecule has 0 radical (unpaired) electrons. The largest absolute Gasteiger partial charge is 0.461 e. The molecule has 138 valence electrons. The molecular weight excluding hydrogens is 428 g/mol. The summed E-state index contributed by atoms with van der Waals surface area (Å²) in [5, 5.41) is 2.31. The molecule has 2 heterocycles. The monoisotopic (exact) mass is 444 g/mol. The average molecular weight is 445 g/mol. The molecule has 0 bridgehead atoms. The quantitative estimate of drug-likeness (QED) is 0.411. The summed E-state index contributed by atoms with van der Waals surface area (Å²) in [7, 11) is 0. The summed E-state index contributed by atoms with van der Waals surface area (Å²) in [4.78, 5) is 32.4. The second-order valence-corrected chi connectivity index (χ2v) is 8.15. The molecule has 0 aliphatic heterocycles. The summed E-state index contributed by atoms with van der Waals surface area (Å²) in [5.41, 5.74) is 3.40. The van der Waals surface area contributed by atoms with Gasteiger partial charge in [0.2, 0.25) is 0 Å². The first-order valence-electron chi connectivity index (χ1n) is 8.73. The summed E-state index contributed by atoms with van der Waals surface area (Å²) in [6.45, 7) is 2.06. The normalized spacial score (nSPS) is 13.6. The molecule has 0 spiro atoms. The van der Waals surface area contributed by atoms with Crippen LogP contribution in [0.15, 0.2) is 40.2 Å². The van der Waals surface area contributed by atoms with Crippen molar-refractivity contribution in [3.63, 3.8) is 0 Å². The highest BCUT2D eigenvalue weighted by Gasteiger charge is 2.34. The Morgan fingerprint density at radius 1 is 1.33 bits per heavy atom. The third-order valence-corrected chi connectivity index (χ3v) is 5.74. The topological polar surface area (TPSA) is 72.1 Å². The molecule has 1 saturated carbocycles. The number of esters is 1. The number of H-pyrrole nitrogens is 1. The van der Waals surface area contributed by atoms with Crippen LogP contribution in [0.3, 0.4) is 0 Å². The van der Waals surface area contributed by atoms with Crippen molar-refractivity contribution in [2.24, 2.45) is 5.92 Å². The number of nitrogens with one attached hydrogen (secondary N) is 1. The number of Topliss-reactive ketones (excluding diaryl/α,β-unsaturated/α-hetero) is 1. The predicted molar refractivity (Wildman–Crippen MR) is 108 cm³/mol. The highest BCUT2D eigenvalue weighted by Crippen LogP contribution is 2.38. The first kappa shape index (κ1) is 18.1. The van der Waals surface area contributed by atoms with E-state index in [1.807, 2.05) is 30.3 Å². The van der Waals surface area contributed by atoms with Gasteiger partial charge >= 0.3 is 5.97 Å². The van der Waals surface area contributed by atoms with Gasteiger partial charge in [0.25, 0.3) is 0 Å². The van der Waals surface area contributed by atoms with E-state index in [0.29, 0.717) is 17.3 Å². The highest BCUT2D eigenvalue weighted by molar-refractivity contribution is 9.10. The lowest BCUT2D eigenvalue weighted by Crippen LogP contribution is -2.05. The van der Waals surface area contributed by atoms with E-state index in [0.717, 1.165) is 34.1 Å². The summed E-state index contributed by atoms with van der Waals surface area (Å²) >= 11 is 4.82. The SMILES string of the molecule is CCOC(=O)c1csc(-c2cc(-c3cccc(Br)c3)[nH]c2C(=O)C2CC2)n1. The van der Waals surface area contributed by atoms with Crippen molar-refractivity contribution in [2.45, 2.75) is 19.8 Å². The van der Waals surface area contributed by atoms with Gasteiger partial charge in [-0.1, -0.05) is 28.1 Å². The molecular formula is C20H17BrN2O3S. The number of ether oxygens (including phenoxy) is 1. The van der Waals surface area contributed by atoms with Crippen LogP contribution in [0, 0.1) is 5.92 Å². The van der Waals surface area contributed by atoms with Crippen molar-refractivity contribution in [3.8, 4) is 21.8 Å². The van der Waals surface area contributed by atoms with Crippen molar-refractivity contribution >= 4 is 39.0 Å². The van der Waals surface area contributed by atoms with Crippen molar-refractivity contribution in [1.29, 1.82) is 0 Å².